The lowest BCUT2D eigenvalue weighted by Crippen LogP contribution is -2.36. The third kappa shape index (κ3) is 5.72. The molecule has 3 nitrogen and oxygen atoms in total. The molecule has 3 N–H and O–H groups in total. The fourth-order valence-corrected chi connectivity index (χ4v) is 7.04. The van der Waals surface area contributed by atoms with Crippen molar-refractivity contribution < 1.29 is 15.3 Å². The summed E-state index contributed by atoms with van der Waals surface area (Å²) >= 11 is 0. The molecular weight excluding hydrogens is 384 g/mol. The molecule has 3 aliphatic carbocycles. The average molecular weight is 431 g/mol. The highest BCUT2D eigenvalue weighted by molar-refractivity contribution is 5.31. The Morgan fingerprint density at radius 3 is 2.65 bits per heavy atom. The molecule has 0 amide bonds. The lowest BCUT2D eigenvalue weighted by atomic mass is 9.60. The number of allylic oxidation sites excluding steroid dienone is 3. The Balaban J connectivity index is 1.65. The van der Waals surface area contributed by atoms with E-state index in [0.29, 0.717) is 23.7 Å². The highest BCUT2D eigenvalue weighted by atomic mass is 16.3. The third-order valence-electron chi connectivity index (χ3n) is 8.71. The summed E-state index contributed by atoms with van der Waals surface area (Å²) in [6.07, 6.45) is 16.2. The summed E-state index contributed by atoms with van der Waals surface area (Å²) in [6, 6.07) is 0. The van der Waals surface area contributed by atoms with E-state index in [0.717, 1.165) is 30.8 Å². The number of aliphatic hydroxyl groups excluding tert-OH is 2. The molecule has 176 valence electrons. The second-order valence-electron chi connectivity index (χ2n) is 11.5. The molecule has 0 aromatic heterocycles. The summed E-state index contributed by atoms with van der Waals surface area (Å²) < 4.78 is 0. The van der Waals surface area contributed by atoms with E-state index < -0.39 is 17.8 Å². The summed E-state index contributed by atoms with van der Waals surface area (Å²) in [5, 5.41) is 30.7. The average Bonchev–Trinajstić information content (AvgIpc) is 3.02. The quantitative estimate of drug-likeness (QED) is 0.428. The van der Waals surface area contributed by atoms with Gasteiger partial charge in [0.25, 0.3) is 0 Å². The maximum absolute atomic E-state index is 10.3. The Morgan fingerprint density at radius 1 is 1.26 bits per heavy atom. The van der Waals surface area contributed by atoms with Crippen LogP contribution in [-0.2, 0) is 0 Å². The van der Waals surface area contributed by atoms with Crippen molar-refractivity contribution >= 4 is 0 Å². The second kappa shape index (κ2) is 9.93. The van der Waals surface area contributed by atoms with Gasteiger partial charge in [0.15, 0.2) is 0 Å². The molecule has 0 radical (unpaired) electrons. The van der Waals surface area contributed by atoms with Gasteiger partial charge in [0.05, 0.1) is 17.8 Å². The largest absolute Gasteiger partial charge is 0.390 e. The smallest absolute Gasteiger partial charge is 0.0959 e. The lowest BCUT2D eigenvalue weighted by molar-refractivity contribution is 0.0596. The van der Waals surface area contributed by atoms with Crippen molar-refractivity contribution in [2.45, 2.75) is 117 Å². The van der Waals surface area contributed by atoms with Crippen LogP contribution in [-0.4, -0.2) is 33.1 Å². The molecule has 0 aromatic carbocycles. The second-order valence-corrected chi connectivity index (χ2v) is 11.5. The van der Waals surface area contributed by atoms with Crippen molar-refractivity contribution in [3.8, 4) is 0 Å². The molecule has 0 heterocycles. The molecule has 3 heteroatoms. The predicted octanol–water partition coefficient (Wildman–Crippen LogP) is 6.09. The van der Waals surface area contributed by atoms with Crippen molar-refractivity contribution in [1.29, 1.82) is 0 Å². The number of hydrogen-bond acceptors (Lipinski definition) is 3. The molecule has 0 aliphatic heterocycles. The van der Waals surface area contributed by atoms with Crippen LogP contribution in [0.3, 0.4) is 0 Å². The standard InChI is InChI=1S/C28H46O3/c1-6-22-25(29)17-20(18-26(22)30)11-12-21-10-8-16-28(5)23(13-14-24(21)28)19(2)9-7-15-27(3,4)31/h6,12,17,19,23-26,29-31H,7-11,13-16,18H2,1-5H3/b21-12+,22-6+/t19-,23+,24-,25?,26+,28+/m0/s1. The zero-order valence-electron chi connectivity index (χ0n) is 20.5. The first-order valence-corrected chi connectivity index (χ1v) is 12.7. The van der Waals surface area contributed by atoms with Gasteiger partial charge in [0, 0.05) is 0 Å². The van der Waals surface area contributed by atoms with Crippen LogP contribution >= 0.6 is 0 Å². The molecule has 0 bridgehead atoms. The summed E-state index contributed by atoms with van der Waals surface area (Å²) in [5.74, 6) is 2.17. The molecule has 6 atom stereocenters. The van der Waals surface area contributed by atoms with Crippen LogP contribution in [0.1, 0.15) is 98.8 Å². The third-order valence-corrected chi connectivity index (χ3v) is 8.71. The van der Waals surface area contributed by atoms with Crippen LogP contribution in [0.4, 0.5) is 0 Å². The van der Waals surface area contributed by atoms with E-state index in [1.54, 1.807) is 5.57 Å². The van der Waals surface area contributed by atoms with Gasteiger partial charge >= 0.3 is 0 Å². The summed E-state index contributed by atoms with van der Waals surface area (Å²) in [7, 11) is 0. The summed E-state index contributed by atoms with van der Waals surface area (Å²) in [4.78, 5) is 0. The summed E-state index contributed by atoms with van der Waals surface area (Å²) in [5.41, 5.74) is 3.38. The van der Waals surface area contributed by atoms with Gasteiger partial charge in [-0.05, 0) is 101 Å². The molecule has 0 spiro atoms. The number of aliphatic hydroxyl groups is 3. The van der Waals surface area contributed by atoms with Crippen LogP contribution in [0.25, 0.3) is 0 Å². The molecule has 0 aromatic rings. The molecule has 0 saturated heterocycles. The van der Waals surface area contributed by atoms with E-state index >= 15 is 0 Å². The minimum Gasteiger partial charge on any atom is -0.390 e. The van der Waals surface area contributed by atoms with E-state index in [9.17, 15) is 15.3 Å². The zero-order chi connectivity index (χ0) is 22.8. The number of fused-ring (bicyclic) bond motifs is 1. The highest BCUT2D eigenvalue weighted by Crippen LogP contribution is 2.60. The van der Waals surface area contributed by atoms with Gasteiger partial charge in [-0.25, -0.2) is 0 Å². The predicted molar refractivity (Wildman–Crippen MR) is 129 cm³/mol. The van der Waals surface area contributed by atoms with Gasteiger partial charge in [-0.1, -0.05) is 56.1 Å². The summed E-state index contributed by atoms with van der Waals surface area (Å²) in [6.45, 7) is 10.7. The minimum atomic E-state index is -0.639. The molecular formula is C28H46O3. The SMILES string of the molecule is C/C=C1\C(O)C=C(C/C=C2\CCC[C@]3(C)[C@@H]([C@@H](C)CCCC(C)(C)O)CC[C@@H]23)C[C@H]1O. The van der Waals surface area contributed by atoms with Gasteiger partial charge in [-0.3, -0.25) is 0 Å². The molecule has 3 rings (SSSR count). The van der Waals surface area contributed by atoms with Crippen molar-refractivity contribution in [2.75, 3.05) is 0 Å². The molecule has 1 unspecified atom stereocenters. The van der Waals surface area contributed by atoms with E-state index in [4.69, 9.17) is 0 Å². The van der Waals surface area contributed by atoms with Crippen molar-refractivity contribution in [3.05, 3.63) is 34.9 Å². The highest BCUT2D eigenvalue weighted by Gasteiger charge is 2.50. The van der Waals surface area contributed by atoms with E-state index in [1.165, 1.54) is 44.1 Å². The van der Waals surface area contributed by atoms with Crippen LogP contribution in [0.2, 0.25) is 0 Å². The van der Waals surface area contributed by atoms with Gasteiger partial charge in [-0.2, -0.15) is 0 Å². The topological polar surface area (TPSA) is 60.7 Å². The molecule has 31 heavy (non-hydrogen) atoms. The lowest BCUT2D eigenvalue weighted by Gasteiger charge is -2.44. The van der Waals surface area contributed by atoms with E-state index in [2.05, 4.69) is 19.9 Å². The maximum atomic E-state index is 10.3. The molecule has 2 fully saturated rings. The molecule has 3 aliphatic rings. The van der Waals surface area contributed by atoms with Crippen molar-refractivity contribution in [1.82, 2.24) is 0 Å². The van der Waals surface area contributed by atoms with Crippen LogP contribution in [0.15, 0.2) is 34.9 Å². The van der Waals surface area contributed by atoms with Crippen molar-refractivity contribution in [3.63, 3.8) is 0 Å². The van der Waals surface area contributed by atoms with Crippen LogP contribution < -0.4 is 0 Å². The minimum absolute atomic E-state index is 0.399. The van der Waals surface area contributed by atoms with Crippen LogP contribution in [0, 0.1) is 23.2 Å². The normalized spacial score (nSPS) is 37.7. The fraction of sp³-hybridized carbons (Fsp3) is 0.786. The first-order valence-electron chi connectivity index (χ1n) is 12.7. The monoisotopic (exact) mass is 430 g/mol. The Bertz CT molecular complexity index is 710. The number of hydrogen-bond donors (Lipinski definition) is 3. The fourth-order valence-electron chi connectivity index (χ4n) is 7.04. The maximum Gasteiger partial charge on any atom is 0.0959 e. The first-order chi connectivity index (χ1) is 14.5. The van der Waals surface area contributed by atoms with Gasteiger partial charge in [0.1, 0.15) is 0 Å². The Kier molecular flexibility index (Phi) is 7.92. The van der Waals surface area contributed by atoms with Gasteiger partial charge in [0.2, 0.25) is 0 Å². The molecule has 2 saturated carbocycles. The van der Waals surface area contributed by atoms with Gasteiger partial charge in [-0.15, -0.1) is 0 Å². The van der Waals surface area contributed by atoms with E-state index in [1.807, 2.05) is 32.9 Å². The van der Waals surface area contributed by atoms with Gasteiger partial charge < -0.3 is 15.3 Å². The van der Waals surface area contributed by atoms with E-state index in [-0.39, 0.29) is 0 Å². The number of rotatable bonds is 7. The Morgan fingerprint density at radius 2 is 2.00 bits per heavy atom. The Hall–Kier alpha value is -0.900. The van der Waals surface area contributed by atoms with Crippen LogP contribution in [0.5, 0.6) is 0 Å². The van der Waals surface area contributed by atoms with Crippen molar-refractivity contribution in [2.24, 2.45) is 23.2 Å². The Labute approximate surface area is 190 Å². The zero-order valence-corrected chi connectivity index (χ0v) is 20.5. The first kappa shape index (κ1) is 24.7.